The number of ketones is 1. The van der Waals surface area contributed by atoms with E-state index in [1.54, 1.807) is 12.1 Å². The number of fused-ring (bicyclic) bond motifs is 1. The van der Waals surface area contributed by atoms with Crippen LogP contribution in [0.5, 0.6) is 5.75 Å². The molecule has 0 bridgehead atoms. The first-order chi connectivity index (χ1) is 14.1. The molecule has 3 heterocycles. The largest absolute Gasteiger partial charge is 0.485 e. The molecule has 0 unspecified atom stereocenters. The first-order valence-electron chi connectivity index (χ1n) is 9.24. The topological polar surface area (TPSA) is 86.1 Å². The van der Waals surface area contributed by atoms with Gasteiger partial charge in [0.2, 0.25) is 0 Å². The number of hydrogen-bond donors (Lipinski definition) is 1. The standard InChI is InChI=1S/C21H19ClN4O3/c22-17-3-4-18(24-10-17)13-29-19-8-21(28)26(25-11-19)12-20(27)15-2-1-14-5-6-23-9-16(14)7-15/h1-4,7-8,10-11,23H,5-6,9,12-13H2. The number of nitrogens with zero attached hydrogens (tertiary/aromatic N) is 3. The van der Waals surface area contributed by atoms with Crippen molar-refractivity contribution in [1.82, 2.24) is 20.1 Å². The molecular weight excluding hydrogens is 392 g/mol. The van der Waals surface area contributed by atoms with Gasteiger partial charge in [-0.25, -0.2) is 4.68 Å². The highest BCUT2D eigenvalue weighted by Gasteiger charge is 2.14. The number of ether oxygens (including phenoxy) is 1. The minimum atomic E-state index is -0.403. The third kappa shape index (κ3) is 4.70. The van der Waals surface area contributed by atoms with E-state index >= 15 is 0 Å². The van der Waals surface area contributed by atoms with Crippen molar-refractivity contribution in [2.75, 3.05) is 6.54 Å². The fraction of sp³-hybridized carbons (Fsp3) is 0.238. The normalized spacial score (nSPS) is 13.0. The molecule has 3 aromatic rings. The molecule has 148 valence electrons. The Labute approximate surface area is 172 Å². The third-order valence-corrected chi connectivity index (χ3v) is 4.95. The lowest BCUT2D eigenvalue weighted by Gasteiger charge is -2.17. The molecule has 1 aliphatic rings. The molecule has 0 saturated heterocycles. The summed E-state index contributed by atoms with van der Waals surface area (Å²) in [4.78, 5) is 29.1. The lowest BCUT2D eigenvalue weighted by Crippen LogP contribution is -2.27. The molecule has 0 aliphatic carbocycles. The smallest absolute Gasteiger partial charge is 0.270 e. The molecule has 8 heteroatoms. The predicted molar refractivity (Wildman–Crippen MR) is 108 cm³/mol. The van der Waals surface area contributed by atoms with E-state index in [2.05, 4.69) is 15.4 Å². The summed E-state index contributed by atoms with van der Waals surface area (Å²) in [5.74, 6) is 0.155. The molecule has 0 saturated carbocycles. The van der Waals surface area contributed by atoms with Gasteiger partial charge >= 0.3 is 0 Å². The second kappa shape index (κ2) is 8.55. The zero-order chi connectivity index (χ0) is 20.2. The molecule has 0 spiro atoms. The Morgan fingerprint density at radius 1 is 1.17 bits per heavy atom. The Morgan fingerprint density at radius 2 is 2.07 bits per heavy atom. The van der Waals surface area contributed by atoms with Crippen molar-refractivity contribution in [2.45, 2.75) is 26.1 Å². The zero-order valence-electron chi connectivity index (χ0n) is 15.6. The van der Waals surface area contributed by atoms with Crippen molar-refractivity contribution >= 4 is 17.4 Å². The van der Waals surface area contributed by atoms with Crippen LogP contribution in [0.1, 0.15) is 27.2 Å². The molecule has 2 aromatic heterocycles. The Morgan fingerprint density at radius 3 is 2.86 bits per heavy atom. The van der Waals surface area contributed by atoms with Crippen LogP contribution < -0.4 is 15.6 Å². The molecule has 0 radical (unpaired) electrons. The number of hydrogen-bond acceptors (Lipinski definition) is 6. The molecule has 1 N–H and O–H groups in total. The van der Waals surface area contributed by atoms with Crippen molar-refractivity contribution in [3.8, 4) is 5.75 Å². The summed E-state index contributed by atoms with van der Waals surface area (Å²) in [6.07, 6.45) is 3.90. The SMILES string of the molecule is O=C(Cn1ncc(OCc2ccc(Cl)cn2)cc1=O)c1ccc2c(c1)CNCC2. The summed E-state index contributed by atoms with van der Waals surface area (Å²) in [7, 11) is 0. The van der Waals surface area contributed by atoms with E-state index < -0.39 is 5.56 Å². The highest BCUT2D eigenvalue weighted by molar-refractivity contribution is 6.30. The van der Waals surface area contributed by atoms with Crippen LogP contribution in [-0.4, -0.2) is 27.1 Å². The van der Waals surface area contributed by atoms with E-state index in [1.807, 2.05) is 18.2 Å². The van der Waals surface area contributed by atoms with Crippen LogP contribution in [0, 0.1) is 0 Å². The van der Waals surface area contributed by atoms with E-state index in [1.165, 1.54) is 24.0 Å². The number of nitrogens with one attached hydrogen (secondary N) is 1. The van der Waals surface area contributed by atoms with Crippen molar-refractivity contribution in [2.24, 2.45) is 0 Å². The second-order valence-corrected chi connectivity index (χ2v) is 7.21. The average molecular weight is 411 g/mol. The monoisotopic (exact) mass is 410 g/mol. The molecule has 4 rings (SSSR count). The highest BCUT2D eigenvalue weighted by atomic mass is 35.5. The molecule has 0 amide bonds. The van der Waals surface area contributed by atoms with Gasteiger partial charge in [-0.2, -0.15) is 5.10 Å². The lowest BCUT2D eigenvalue weighted by atomic mass is 9.97. The maximum absolute atomic E-state index is 12.6. The Balaban J connectivity index is 1.42. The molecule has 0 fully saturated rings. The summed E-state index contributed by atoms with van der Waals surface area (Å²) >= 11 is 5.80. The molecule has 7 nitrogen and oxygen atoms in total. The third-order valence-electron chi connectivity index (χ3n) is 4.73. The van der Waals surface area contributed by atoms with Gasteiger partial charge in [0, 0.05) is 24.4 Å². The van der Waals surface area contributed by atoms with E-state index in [4.69, 9.17) is 16.3 Å². The minimum Gasteiger partial charge on any atom is -0.485 e. The van der Waals surface area contributed by atoms with Crippen molar-refractivity contribution in [3.05, 3.63) is 86.6 Å². The molecule has 1 aromatic carbocycles. The van der Waals surface area contributed by atoms with Gasteiger partial charge in [0.25, 0.3) is 5.56 Å². The van der Waals surface area contributed by atoms with Crippen molar-refractivity contribution in [3.63, 3.8) is 0 Å². The van der Waals surface area contributed by atoms with E-state index in [0.717, 1.165) is 29.8 Å². The van der Waals surface area contributed by atoms with Crippen LogP contribution in [0.25, 0.3) is 0 Å². The Hall–Kier alpha value is -3.03. The van der Waals surface area contributed by atoms with E-state index in [-0.39, 0.29) is 18.9 Å². The second-order valence-electron chi connectivity index (χ2n) is 6.78. The van der Waals surface area contributed by atoms with E-state index in [9.17, 15) is 9.59 Å². The van der Waals surface area contributed by atoms with Gasteiger partial charge in [0.15, 0.2) is 5.78 Å². The Bertz CT molecular complexity index is 1100. The van der Waals surface area contributed by atoms with Crippen LogP contribution >= 0.6 is 11.6 Å². The predicted octanol–water partition coefficient (Wildman–Crippen LogP) is 2.40. The molecule has 1 aliphatic heterocycles. The van der Waals surface area contributed by atoms with Gasteiger partial charge < -0.3 is 10.1 Å². The first kappa shape index (κ1) is 19.3. The molecule has 29 heavy (non-hydrogen) atoms. The van der Waals surface area contributed by atoms with Crippen LogP contribution in [0.15, 0.2) is 53.6 Å². The quantitative estimate of drug-likeness (QED) is 0.628. The van der Waals surface area contributed by atoms with Gasteiger partial charge in [0.1, 0.15) is 18.9 Å². The molecular formula is C21H19ClN4O3. The van der Waals surface area contributed by atoms with Crippen LogP contribution in [-0.2, 0) is 26.1 Å². The van der Waals surface area contributed by atoms with E-state index in [0.29, 0.717) is 22.0 Å². The van der Waals surface area contributed by atoms with Crippen molar-refractivity contribution in [1.29, 1.82) is 0 Å². The number of halogens is 1. The maximum Gasteiger partial charge on any atom is 0.270 e. The summed E-state index contributed by atoms with van der Waals surface area (Å²) in [6.45, 7) is 1.76. The number of Topliss-reactive ketones (excluding diaryl/α,β-unsaturated/α-hetero) is 1. The fourth-order valence-corrected chi connectivity index (χ4v) is 3.26. The van der Waals surface area contributed by atoms with Crippen LogP contribution in [0.4, 0.5) is 0 Å². The number of pyridine rings is 1. The van der Waals surface area contributed by atoms with Crippen LogP contribution in [0.2, 0.25) is 5.02 Å². The maximum atomic E-state index is 12.6. The van der Waals surface area contributed by atoms with Gasteiger partial charge in [-0.15, -0.1) is 0 Å². The summed E-state index contributed by atoms with van der Waals surface area (Å²) in [5, 5.41) is 7.90. The number of carbonyl (C=O) groups excluding carboxylic acids is 1. The van der Waals surface area contributed by atoms with Gasteiger partial charge in [-0.1, -0.05) is 23.7 Å². The minimum absolute atomic E-state index is 0.121. The highest BCUT2D eigenvalue weighted by Crippen LogP contribution is 2.16. The first-order valence-corrected chi connectivity index (χ1v) is 9.62. The fourth-order valence-electron chi connectivity index (χ4n) is 3.15. The van der Waals surface area contributed by atoms with Gasteiger partial charge in [-0.3, -0.25) is 14.6 Å². The number of carbonyl (C=O) groups is 1. The van der Waals surface area contributed by atoms with Gasteiger partial charge in [-0.05, 0) is 42.3 Å². The summed E-state index contributed by atoms with van der Waals surface area (Å²) in [5.41, 5.74) is 3.24. The van der Waals surface area contributed by atoms with Gasteiger partial charge in [0.05, 0.1) is 16.9 Å². The summed E-state index contributed by atoms with van der Waals surface area (Å²) in [6, 6.07) is 10.5. The Kier molecular flexibility index (Phi) is 5.69. The lowest BCUT2D eigenvalue weighted by molar-refractivity contribution is 0.0965. The molecule has 0 atom stereocenters. The zero-order valence-corrected chi connectivity index (χ0v) is 16.4. The summed E-state index contributed by atoms with van der Waals surface area (Å²) < 4.78 is 6.68. The van der Waals surface area contributed by atoms with Crippen molar-refractivity contribution < 1.29 is 9.53 Å². The average Bonchev–Trinajstić information content (AvgIpc) is 2.74. The number of rotatable bonds is 6. The van der Waals surface area contributed by atoms with Crippen LogP contribution in [0.3, 0.4) is 0 Å². The number of benzene rings is 1. The number of aromatic nitrogens is 3.